The van der Waals surface area contributed by atoms with E-state index in [1.807, 2.05) is 0 Å². The summed E-state index contributed by atoms with van der Waals surface area (Å²) in [5.74, 6) is 7.34. The number of imidazole rings is 1. The molecule has 0 saturated heterocycles. The molecule has 9 nitrogen and oxygen atoms in total. The van der Waals surface area contributed by atoms with Crippen LogP contribution in [0.1, 0.15) is 28.8 Å². The molecule has 2 rings (SSSR count). The molecule has 0 radical (unpaired) electrons. The number of benzene rings is 1. The Balaban J connectivity index is 2.53. The van der Waals surface area contributed by atoms with Crippen LogP contribution in [0.3, 0.4) is 0 Å². The lowest BCUT2D eigenvalue weighted by Gasteiger charge is -2.16. The maximum atomic E-state index is 12.8. The number of ether oxygens (including phenoxy) is 1. The van der Waals surface area contributed by atoms with E-state index in [4.69, 9.17) is 16.7 Å². The SMILES string of the molecule is C#CCN(C(C)=O)C(=O)c1c(N=[N+]=[N-])nc(C#Cc2cccc(OC)c2)n1C. The van der Waals surface area contributed by atoms with Gasteiger partial charge in [0.2, 0.25) is 5.91 Å². The van der Waals surface area contributed by atoms with Crippen LogP contribution in [0.2, 0.25) is 0 Å². The number of hydrogen-bond donors (Lipinski definition) is 0. The summed E-state index contributed by atoms with van der Waals surface area (Å²) in [7, 11) is 3.08. The van der Waals surface area contributed by atoms with Crippen molar-refractivity contribution >= 4 is 17.6 Å². The third-order valence-electron chi connectivity index (χ3n) is 3.68. The maximum absolute atomic E-state index is 12.8. The van der Waals surface area contributed by atoms with Crippen molar-refractivity contribution in [3.63, 3.8) is 0 Å². The van der Waals surface area contributed by atoms with Crippen molar-refractivity contribution < 1.29 is 14.3 Å². The second-order valence-corrected chi connectivity index (χ2v) is 5.45. The number of rotatable bonds is 4. The zero-order chi connectivity index (χ0) is 20.7. The Labute approximate surface area is 161 Å². The smallest absolute Gasteiger partial charge is 0.280 e. The Morgan fingerprint density at radius 2 is 2.18 bits per heavy atom. The number of imide groups is 1. The molecule has 0 aliphatic heterocycles. The molecule has 0 fully saturated rings. The molecule has 0 atom stereocenters. The minimum absolute atomic E-state index is 0.0850. The molecule has 2 amide bonds. The van der Waals surface area contributed by atoms with Gasteiger partial charge in [-0.1, -0.05) is 17.9 Å². The molecule has 28 heavy (non-hydrogen) atoms. The number of carbonyl (C=O) groups is 2. The van der Waals surface area contributed by atoms with Crippen LogP contribution in [0.5, 0.6) is 5.75 Å². The third kappa shape index (κ3) is 4.31. The second-order valence-electron chi connectivity index (χ2n) is 5.45. The fourth-order valence-electron chi connectivity index (χ4n) is 2.32. The van der Waals surface area contributed by atoms with Crippen LogP contribution in [0.15, 0.2) is 29.4 Å². The molecular weight excluding hydrogens is 360 g/mol. The topological polar surface area (TPSA) is 113 Å². The van der Waals surface area contributed by atoms with Crippen molar-refractivity contribution in [2.75, 3.05) is 13.7 Å². The summed E-state index contributed by atoms with van der Waals surface area (Å²) in [5.41, 5.74) is 9.36. The van der Waals surface area contributed by atoms with Gasteiger partial charge in [0.1, 0.15) is 11.4 Å². The van der Waals surface area contributed by atoms with Crippen LogP contribution >= 0.6 is 0 Å². The molecule has 0 aliphatic rings. The summed E-state index contributed by atoms with van der Waals surface area (Å²) in [5, 5.41) is 3.44. The summed E-state index contributed by atoms with van der Waals surface area (Å²) in [6.07, 6.45) is 5.23. The zero-order valence-corrected chi connectivity index (χ0v) is 15.5. The number of amides is 2. The van der Waals surface area contributed by atoms with Crippen molar-refractivity contribution in [1.82, 2.24) is 14.5 Å². The van der Waals surface area contributed by atoms with Crippen molar-refractivity contribution in [1.29, 1.82) is 0 Å². The average molecular weight is 376 g/mol. The highest BCUT2D eigenvalue weighted by Crippen LogP contribution is 2.21. The van der Waals surface area contributed by atoms with E-state index in [0.717, 1.165) is 4.90 Å². The van der Waals surface area contributed by atoms with Crippen LogP contribution < -0.4 is 4.74 Å². The first-order valence-electron chi connectivity index (χ1n) is 7.96. The van der Waals surface area contributed by atoms with E-state index in [1.54, 1.807) is 31.4 Å². The van der Waals surface area contributed by atoms with Crippen LogP contribution in [0.25, 0.3) is 10.4 Å². The molecular formula is C19H16N6O3. The van der Waals surface area contributed by atoms with Gasteiger partial charge in [-0.3, -0.25) is 14.5 Å². The normalized spacial score (nSPS) is 9.36. The predicted octanol–water partition coefficient (Wildman–Crippen LogP) is 2.39. The summed E-state index contributed by atoms with van der Waals surface area (Å²) in [6, 6.07) is 7.08. The Hall–Kier alpha value is -4.20. The number of terminal acetylenes is 1. The van der Waals surface area contributed by atoms with E-state index in [2.05, 4.69) is 32.8 Å². The van der Waals surface area contributed by atoms with E-state index in [-0.39, 0.29) is 23.9 Å². The highest BCUT2D eigenvalue weighted by Gasteiger charge is 2.26. The number of azide groups is 1. The molecule has 0 aliphatic carbocycles. The lowest BCUT2D eigenvalue weighted by Crippen LogP contribution is -2.36. The van der Waals surface area contributed by atoms with Gasteiger partial charge in [0, 0.05) is 24.4 Å². The van der Waals surface area contributed by atoms with Crippen molar-refractivity contribution in [3.8, 4) is 29.9 Å². The summed E-state index contributed by atoms with van der Waals surface area (Å²) in [6.45, 7) is 0.988. The van der Waals surface area contributed by atoms with Crippen molar-refractivity contribution in [2.45, 2.75) is 6.92 Å². The Morgan fingerprint density at radius 3 is 2.79 bits per heavy atom. The Morgan fingerprint density at radius 1 is 1.43 bits per heavy atom. The number of nitrogens with zero attached hydrogens (tertiary/aromatic N) is 6. The Kier molecular flexibility index (Phi) is 6.43. The summed E-state index contributed by atoms with van der Waals surface area (Å²) >= 11 is 0. The minimum atomic E-state index is -0.725. The van der Waals surface area contributed by atoms with E-state index < -0.39 is 11.8 Å². The highest BCUT2D eigenvalue weighted by atomic mass is 16.5. The zero-order valence-electron chi connectivity index (χ0n) is 15.5. The minimum Gasteiger partial charge on any atom is -0.497 e. The molecule has 9 heteroatoms. The lowest BCUT2D eigenvalue weighted by atomic mass is 10.2. The standard InChI is InChI=1S/C19H16N6O3/c1-5-11-25(13(2)26)19(27)17-18(22-23-20)21-16(24(17)3)10-9-14-7-6-8-15(12-14)28-4/h1,6-8,12H,11H2,2-4H3. The molecule has 0 unspecified atom stereocenters. The predicted molar refractivity (Wildman–Crippen MR) is 102 cm³/mol. The monoisotopic (exact) mass is 376 g/mol. The van der Waals surface area contributed by atoms with E-state index >= 15 is 0 Å². The second kappa shape index (κ2) is 8.95. The van der Waals surface area contributed by atoms with E-state index in [9.17, 15) is 9.59 Å². The molecule has 2 aromatic rings. The molecule has 1 aromatic heterocycles. The summed E-state index contributed by atoms with van der Waals surface area (Å²) < 4.78 is 6.50. The van der Waals surface area contributed by atoms with Crippen molar-refractivity contribution in [3.05, 3.63) is 51.8 Å². The molecule has 0 spiro atoms. The molecule has 1 aromatic carbocycles. The van der Waals surface area contributed by atoms with Gasteiger partial charge in [-0.15, -0.1) is 6.42 Å². The highest BCUT2D eigenvalue weighted by molar-refractivity contribution is 6.05. The average Bonchev–Trinajstić information content (AvgIpc) is 2.99. The van der Waals surface area contributed by atoms with Gasteiger partial charge in [0.15, 0.2) is 11.6 Å². The first kappa shape index (κ1) is 20.1. The molecule has 140 valence electrons. The lowest BCUT2D eigenvalue weighted by molar-refractivity contribution is -0.125. The van der Waals surface area contributed by atoms with E-state index in [0.29, 0.717) is 11.3 Å². The Bertz CT molecular complexity index is 1080. The van der Waals surface area contributed by atoms with E-state index in [1.165, 1.54) is 18.5 Å². The van der Waals surface area contributed by atoms with Gasteiger partial charge in [-0.25, -0.2) is 4.98 Å². The third-order valence-corrected chi connectivity index (χ3v) is 3.68. The summed E-state index contributed by atoms with van der Waals surface area (Å²) in [4.78, 5) is 32.2. The molecule has 1 heterocycles. The largest absolute Gasteiger partial charge is 0.497 e. The first-order valence-corrected chi connectivity index (χ1v) is 7.96. The first-order chi connectivity index (χ1) is 13.4. The number of hydrogen-bond acceptors (Lipinski definition) is 5. The molecule has 0 N–H and O–H groups in total. The van der Waals surface area contributed by atoms with Gasteiger partial charge >= 0.3 is 0 Å². The number of aromatic nitrogens is 2. The maximum Gasteiger partial charge on any atom is 0.280 e. The fraction of sp³-hybridized carbons (Fsp3) is 0.211. The number of methoxy groups -OCH3 is 1. The van der Waals surface area contributed by atoms with Gasteiger partial charge in [-0.05, 0) is 34.8 Å². The van der Waals surface area contributed by atoms with Crippen molar-refractivity contribution in [2.24, 2.45) is 12.2 Å². The van der Waals surface area contributed by atoms with Crippen LogP contribution in [0, 0.1) is 24.2 Å². The number of carbonyl (C=O) groups excluding carboxylic acids is 2. The fourth-order valence-corrected chi connectivity index (χ4v) is 2.32. The van der Waals surface area contributed by atoms with Gasteiger partial charge < -0.3 is 9.30 Å². The van der Waals surface area contributed by atoms with Gasteiger partial charge in [0.05, 0.1) is 13.7 Å². The molecule has 0 bridgehead atoms. The van der Waals surface area contributed by atoms with Crippen LogP contribution in [0.4, 0.5) is 5.82 Å². The van der Waals surface area contributed by atoms with Gasteiger partial charge in [0.25, 0.3) is 5.91 Å². The van der Waals surface area contributed by atoms with Gasteiger partial charge in [-0.2, -0.15) is 0 Å². The quantitative estimate of drug-likeness (QED) is 0.353. The van der Waals surface area contributed by atoms with Crippen LogP contribution in [-0.4, -0.2) is 39.9 Å². The van der Waals surface area contributed by atoms with Crippen LogP contribution in [-0.2, 0) is 11.8 Å². The molecule has 0 saturated carbocycles.